The van der Waals surface area contributed by atoms with Crippen molar-refractivity contribution in [2.75, 3.05) is 26.4 Å². The lowest BCUT2D eigenvalue weighted by molar-refractivity contribution is -0.161. The van der Waals surface area contributed by atoms with Crippen LogP contribution in [-0.2, 0) is 41.8 Å². The van der Waals surface area contributed by atoms with Crippen molar-refractivity contribution in [3.8, 4) is 0 Å². The highest BCUT2D eigenvalue weighted by molar-refractivity contribution is 7.47. The van der Waals surface area contributed by atoms with Crippen molar-refractivity contribution in [2.45, 2.75) is 167 Å². The molecule has 0 aliphatic heterocycles. The molecule has 0 saturated heterocycles. The molecule has 61 heavy (non-hydrogen) atoms. The maximum Gasteiger partial charge on any atom is 0.472 e. The molecule has 0 aromatic heterocycles. The van der Waals surface area contributed by atoms with E-state index < -0.39 is 66.2 Å². The van der Waals surface area contributed by atoms with E-state index in [2.05, 4.69) is 89.7 Å². The van der Waals surface area contributed by atoms with E-state index >= 15 is 0 Å². The fourth-order valence-corrected chi connectivity index (χ4v) is 6.51. The third kappa shape index (κ3) is 45.1. The zero-order valence-electron chi connectivity index (χ0n) is 37.0. The molecule has 0 heterocycles. The van der Waals surface area contributed by atoms with Crippen LogP contribution in [0.5, 0.6) is 0 Å². The predicted molar refractivity (Wildman–Crippen MR) is 243 cm³/mol. The molecule has 0 aromatic carbocycles. The number of ether oxygens (including phenoxy) is 2. The Morgan fingerprint density at radius 3 is 1.38 bits per heavy atom. The van der Waals surface area contributed by atoms with E-state index in [0.717, 1.165) is 70.6 Å². The van der Waals surface area contributed by atoms with E-state index in [1.165, 1.54) is 38.5 Å². The number of esters is 2. The third-order valence-corrected chi connectivity index (χ3v) is 10.2. The van der Waals surface area contributed by atoms with Crippen LogP contribution < -0.4 is 0 Å². The smallest absolute Gasteiger partial charge is 0.462 e. The highest BCUT2D eigenvalue weighted by Gasteiger charge is 2.28. The summed E-state index contributed by atoms with van der Waals surface area (Å²) in [5, 5.41) is 9.75. The van der Waals surface area contributed by atoms with E-state index in [1.807, 2.05) is 18.2 Å². The average molecular weight is 901 g/mol. The maximum absolute atomic E-state index is 12.7. The quantitative estimate of drug-likeness (QED) is 0.0196. The molecule has 1 unspecified atom stereocenters. The van der Waals surface area contributed by atoms with Gasteiger partial charge in [-0.15, -0.1) is 0 Å². The van der Waals surface area contributed by atoms with Gasteiger partial charge in [0, 0.05) is 12.8 Å². The Morgan fingerprint density at radius 1 is 0.475 bits per heavy atom. The second kappa shape index (κ2) is 41.3. The van der Waals surface area contributed by atoms with Crippen LogP contribution in [0.1, 0.15) is 155 Å². The van der Waals surface area contributed by atoms with Gasteiger partial charge in [-0.2, -0.15) is 0 Å². The van der Waals surface area contributed by atoms with Crippen LogP contribution in [0.3, 0.4) is 0 Å². The predicted octanol–water partition coefficient (Wildman–Crippen LogP) is 11.6. The SMILES string of the molecule is CCCCC/C=C\C/C=C\C/C=C\C/C=C\C/C=C\CCC(=O)OC[C@H](COP(=O)(O)OC[C@@H](O)COP(=O)(O)O)OC(=O)CCCCCCC/C=C\C/C=C\CCCCC. The number of aliphatic hydroxyl groups excluding tert-OH is 1. The number of rotatable bonds is 41. The van der Waals surface area contributed by atoms with Crippen LogP contribution in [-0.4, -0.2) is 70.4 Å². The number of carbonyl (C=O) groups is 2. The summed E-state index contributed by atoms with van der Waals surface area (Å²) in [6, 6.07) is 0. The highest BCUT2D eigenvalue weighted by Crippen LogP contribution is 2.43. The minimum Gasteiger partial charge on any atom is -0.462 e. The Labute approximate surface area is 367 Å². The summed E-state index contributed by atoms with van der Waals surface area (Å²) in [6.07, 6.45) is 47.3. The molecule has 0 aromatic rings. The summed E-state index contributed by atoms with van der Waals surface area (Å²) in [6.45, 7) is 1.60. The van der Waals surface area contributed by atoms with Crippen molar-refractivity contribution in [1.29, 1.82) is 0 Å². The maximum atomic E-state index is 12.7. The number of carbonyl (C=O) groups excluding carboxylic acids is 2. The molecular formula is C46H78O13P2. The standard InChI is InChI=1S/C46H78O13P2/c1-3-5-7-9-11-13-15-17-19-20-21-22-24-25-27-29-31-33-35-37-45(48)55-41-44(42-58-61(53,54)57-40-43(47)39-56-60(50,51)52)59-46(49)38-36-34-32-30-28-26-23-18-16-14-12-10-8-6-4-2/h11-14,17-19,21-23,25,27,31,33,43-44,47H,3-10,15-16,20,24,26,28-30,32,34-42H2,1-2H3,(H,53,54)(H2,50,51,52)/b13-11-,14-12-,19-17-,22-21-,23-18-,27-25-,33-31-/t43-,44+/m0/s1. The minimum atomic E-state index is -4.87. The first-order valence-corrected chi connectivity index (χ1v) is 25.3. The number of hydrogen-bond donors (Lipinski definition) is 4. The Bertz CT molecular complexity index is 1400. The first-order valence-electron chi connectivity index (χ1n) is 22.3. The molecule has 13 nitrogen and oxygen atoms in total. The molecule has 0 fully saturated rings. The zero-order valence-corrected chi connectivity index (χ0v) is 38.8. The molecule has 15 heteroatoms. The van der Waals surface area contributed by atoms with Gasteiger partial charge in [-0.3, -0.25) is 23.2 Å². The number of phosphoric ester groups is 2. The molecule has 0 aliphatic rings. The van der Waals surface area contributed by atoms with Crippen LogP contribution in [0.2, 0.25) is 0 Å². The van der Waals surface area contributed by atoms with E-state index in [9.17, 15) is 28.7 Å². The average Bonchev–Trinajstić information content (AvgIpc) is 3.22. The minimum absolute atomic E-state index is 0.0643. The Balaban J connectivity index is 4.66. The van der Waals surface area contributed by atoms with Crippen molar-refractivity contribution in [3.05, 3.63) is 85.1 Å². The summed E-state index contributed by atoms with van der Waals surface area (Å²) in [4.78, 5) is 52.7. The molecule has 0 bridgehead atoms. The topological polar surface area (TPSA) is 195 Å². The molecule has 0 saturated carbocycles. The molecule has 3 atom stereocenters. The van der Waals surface area contributed by atoms with Gasteiger partial charge in [0.2, 0.25) is 0 Å². The van der Waals surface area contributed by atoms with Gasteiger partial charge in [0.15, 0.2) is 6.10 Å². The summed E-state index contributed by atoms with van der Waals surface area (Å²) in [5.74, 6) is -1.15. The number of allylic oxidation sites excluding steroid dienone is 14. The third-order valence-electron chi connectivity index (χ3n) is 8.76. The van der Waals surface area contributed by atoms with Crippen molar-refractivity contribution in [2.24, 2.45) is 0 Å². The van der Waals surface area contributed by atoms with Gasteiger partial charge in [-0.25, -0.2) is 9.13 Å². The molecule has 0 radical (unpaired) electrons. The Morgan fingerprint density at radius 2 is 0.885 bits per heavy atom. The fourth-order valence-electron chi connectivity index (χ4n) is 5.36. The molecule has 350 valence electrons. The van der Waals surface area contributed by atoms with Crippen molar-refractivity contribution in [1.82, 2.24) is 0 Å². The van der Waals surface area contributed by atoms with E-state index in [4.69, 9.17) is 23.8 Å². The van der Waals surface area contributed by atoms with Gasteiger partial charge < -0.3 is 29.3 Å². The van der Waals surface area contributed by atoms with Crippen molar-refractivity contribution in [3.63, 3.8) is 0 Å². The lowest BCUT2D eigenvalue weighted by Crippen LogP contribution is -2.29. The normalized spacial score (nSPS) is 14.8. The Hall–Kier alpha value is -2.70. The summed E-state index contributed by atoms with van der Waals surface area (Å²) in [7, 11) is -9.71. The van der Waals surface area contributed by atoms with Crippen LogP contribution in [0, 0.1) is 0 Å². The second-order valence-corrected chi connectivity index (χ2v) is 17.3. The van der Waals surface area contributed by atoms with Gasteiger partial charge >= 0.3 is 27.6 Å². The first kappa shape index (κ1) is 58.3. The number of phosphoric acid groups is 2. The van der Waals surface area contributed by atoms with Gasteiger partial charge in [0.05, 0.1) is 19.8 Å². The van der Waals surface area contributed by atoms with Gasteiger partial charge in [-0.1, -0.05) is 144 Å². The largest absolute Gasteiger partial charge is 0.472 e. The first-order chi connectivity index (χ1) is 29.4. The fraction of sp³-hybridized carbons (Fsp3) is 0.652. The van der Waals surface area contributed by atoms with Crippen LogP contribution >= 0.6 is 15.6 Å². The molecule has 4 N–H and O–H groups in total. The molecule has 0 amide bonds. The molecule has 0 rings (SSSR count). The number of hydrogen-bond acceptors (Lipinski definition) is 10. The van der Waals surface area contributed by atoms with Gasteiger partial charge in [-0.05, 0) is 83.5 Å². The van der Waals surface area contributed by atoms with Crippen LogP contribution in [0.4, 0.5) is 0 Å². The van der Waals surface area contributed by atoms with E-state index in [0.29, 0.717) is 19.3 Å². The van der Waals surface area contributed by atoms with Crippen LogP contribution in [0.25, 0.3) is 0 Å². The number of aliphatic hydroxyl groups is 1. The van der Waals surface area contributed by atoms with E-state index in [1.54, 1.807) is 0 Å². The summed E-state index contributed by atoms with van der Waals surface area (Å²) in [5.41, 5.74) is 0. The van der Waals surface area contributed by atoms with Crippen LogP contribution in [0.15, 0.2) is 85.1 Å². The van der Waals surface area contributed by atoms with Gasteiger partial charge in [0.25, 0.3) is 0 Å². The second-order valence-electron chi connectivity index (χ2n) is 14.6. The van der Waals surface area contributed by atoms with Crippen molar-refractivity contribution < 1.29 is 61.6 Å². The monoisotopic (exact) mass is 900 g/mol. The molecule has 0 spiro atoms. The lowest BCUT2D eigenvalue weighted by Gasteiger charge is -2.20. The van der Waals surface area contributed by atoms with E-state index in [-0.39, 0.29) is 12.8 Å². The molecular weight excluding hydrogens is 822 g/mol. The van der Waals surface area contributed by atoms with Crippen molar-refractivity contribution >= 4 is 27.6 Å². The summed E-state index contributed by atoms with van der Waals surface area (Å²) < 4.78 is 47.7. The highest BCUT2D eigenvalue weighted by atomic mass is 31.2. The van der Waals surface area contributed by atoms with Gasteiger partial charge in [0.1, 0.15) is 12.7 Å². The Kier molecular flexibility index (Phi) is 39.5. The lowest BCUT2D eigenvalue weighted by atomic mass is 10.1. The number of unbranched alkanes of at least 4 members (excludes halogenated alkanes) is 11. The zero-order chi connectivity index (χ0) is 45.1. The molecule has 0 aliphatic carbocycles. The summed E-state index contributed by atoms with van der Waals surface area (Å²) >= 11 is 0.